The Morgan fingerprint density at radius 2 is 2.37 bits per heavy atom. The Morgan fingerprint density at radius 3 is 3.11 bits per heavy atom. The van der Waals surface area contributed by atoms with Gasteiger partial charge in [-0.3, -0.25) is 9.59 Å². The first-order valence-electron chi connectivity index (χ1n) is 6.03. The lowest BCUT2D eigenvalue weighted by Crippen LogP contribution is -2.56. The summed E-state index contributed by atoms with van der Waals surface area (Å²) in [6, 6.07) is 6.85. The molecule has 19 heavy (non-hydrogen) atoms. The molecule has 1 aliphatic rings. The fourth-order valence-corrected chi connectivity index (χ4v) is 2.29. The number of carbonyl (C=O) groups excluding carboxylic acids is 2. The van der Waals surface area contributed by atoms with Crippen molar-refractivity contribution in [3.8, 4) is 5.75 Å². The van der Waals surface area contributed by atoms with Crippen LogP contribution in [0.1, 0.15) is 6.92 Å². The summed E-state index contributed by atoms with van der Waals surface area (Å²) in [4.78, 5) is 25.0. The fourth-order valence-electron chi connectivity index (χ4n) is 1.91. The summed E-state index contributed by atoms with van der Waals surface area (Å²) in [5.74, 6) is 0.321. The normalized spacial score (nSPS) is 18.9. The smallest absolute Gasteiger partial charge is 0.261 e. The van der Waals surface area contributed by atoms with E-state index < -0.39 is 6.04 Å². The number of piperazine rings is 1. The zero-order valence-electron chi connectivity index (χ0n) is 10.6. The predicted octanol–water partition coefficient (Wildman–Crippen LogP) is 1.17. The number of nitrogens with one attached hydrogen (secondary N) is 1. The number of ether oxygens (including phenoxy) is 1. The van der Waals surface area contributed by atoms with Crippen LogP contribution in [0, 0.1) is 0 Å². The van der Waals surface area contributed by atoms with Gasteiger partial charge in [-0.05, 0) is 25.1 Å². The molecule has 0 aromatic heterocycles. The Bertz CT molecular complexity index is 493. The van der Waals surface area contributed by atoms with E-state index in [-0.39, 0.29) is 18.4 Å². The van der Waals surface area contributed by atoms with Gasteiger partial charge in [0.2, 0.25) is 5.91 Å². The molecule has 5 nitrogen and oxygen atoms in total. The van der Waals surface area contributed by atoms with E-state index in [0.717, 1.165) is 4.47 Å². The minimum atomic E-state index is -0.438. The van der Waals surface area contributed by atoms with Gasteiger partial charge in [0.1, 0.15) is 11.8 Å². The minimum Gasteiger partial charge on any atom is -0.484 e. The topological polar surface area (TPSA) is 58.6 Å². The molecular weight excluding hydrogens is 312 g/mol. The van der Waals surface area contributed by atoms with Gasteiger partial charge < -0.3 is 15.0 Å². The van der Waals surface area contributed by atoms with Crippen LogP contribution in [0.4, 0.5) is 0 Å². The molecule has 1 aromatic carbocycles. The van der Waals surface area contributed by atoms with Crippen LogP contribution in [0.25, 0.3) is 0 Å². The standard InChI is InChI=1S/C13H15BrN2O3/c1-9-13(18)15-5-6-16(9)12(17)8-19-11-4-2-3-10(14)7-11/h2-4,7,9H,5-6,8H2,1H3,(H,15,18). The Balaban J connectivity index is 1.92. The number of carbonyl (C=O) groups is 2. The van der Waals surface area contributed by atoms with Gasteiger partial charge in [-0.2, -0.15) is 0 Å². The SMILES string of the molecule is CC1C(=O)NCCN1C(=O)COc1cccc(Br)c1. The molecule has 6 heteroatoms. The molecule has 0 radical (unpaired) electrons. The number of nitrogens with zero attached hydrogens (tertiary/aromatic N) is 1. The first-order chi connectivity index (χ1) is 9.08. The van der Waals surface area contributed by atoms with E-state index in [0.29, 0.717) is 18.8 Å². The molecule has 2 rings (SSSR count). The van der Waals surface area contributed by atoms with E-state index in [1.54, 1.807) is 19.1 Å². The molecule has 102 valence electrons. The lowest BCUT2D eigenvalue weighted by molar-refractivity contribution is -0.143. The van der Waals surface area contributed by atoms with Crippen LogP contribution < -0.4 is 10.1 Å². The van der Waals surface area contributed by atoms with Gasteiger partial charge in [0.25, 0.3) is 5.91 Å². The second-order valence-corrected chi connectivity index (χ2v) is 5.22. The highest BCUT2D eigenvalue weighted by Crippen LogP contribution is 2.17. The predicted molar refractivity (Wildman–Crippen MR) is 73.8 cm³/mol. The molecule has 1 heterocycles. The molecule has 1 unspecified atom stereocenters. The number of benzene rings is 1. The fraction of sp³-hybridized carbons (Fsp3) is 0.385. The highest BCUT2D eigenvalue weighted by molar-refractivity contribution is 9.10. The Hall–Kier alpha value is -1.56. The third kappa shape index (κ3) is 3.47. The summed E-state index contributed by atoms with van der Waals surface area (Å²) >= 11 is 3.33. The van der Waals surface area contributed by atoms with E-state index in [4.69, 9.17) is 4.74 Å². The van der Waals surface area contributed by atoms with Gasteiger partial charge in [0.05, 0.1) is 0 Å². The molecule has 1 fully saturated rings. The minimum absolute atomic E-state index is 0.0614. The van der Waals surface area contributed by atoms with Gasteiger partial charge in [0, 0.05) is 17.6 Å². The van der Waals surface area contributed by atoms with Crippen LogP contribution >= 0.6 is 15.9 Å². The number of hydrogen-bond acceptors (Lipinski definition) is 3. The van der Waals surface area contributed by atoms with Crippen LogP contribution in [0.3, 0.4) is 0 Å². The van der Waals surface area contributed by atoms with Gasteiger partial charge in [-0.1, -0.05) is 22.0 Å². The lowest BCUT2D eigenvalue weighted by Gasteiger charge is -2.32. The van der Waals surface area contributed by atoms with Gasteiger partial charge >= 0.3 is 0 Å². The van der Waals surface area contributed by atoms with Crippen molar-refractivity contribution >= 4 is 27.7 Å². The molecule has 1 aliphatic heterocycles. The van der Waals surface area contributed by atoms with Crippen LogP contribution in [0.15, 0.2) is 28.7 Å². The van der Waals surface area contributed by atoms with E-state index in [1.165, 1.54) is 4.90 Å². The molecule has 1 saturated heterocycles. The van der Waals surface area contributed by atoms with E-state index in [1.807, 2.05) is 12.1 Å². The second kappa shape index (κ2) is 6.06. The molecule has 0 bridgehead atoms. The van der Waals surface area contributed by atoms with Crippen molar-refractivity contribution in [2.45, 2.75) is 13.0 Å². The quantitative estimate of drug-likeness (QED) is 0.907. The van der Waals surface area contributed by atoms with E-state index in [9.17, 15) is 9.59 Å². The summed E-state index contributed by atoms with van der Waals surface area (Å²) in [7, 11) is 0. The maximum Gasteiger partial charge on any atom is 0.261 e. The average molecular weight is 327 g/mol. The maximum atomic E-state index is 12.0. The van der Waals surface area contributed by atoms with E-state index in [2.05, 4.69) is 21.2 Å². The monoisotopic (exact) mass is 326 g/mol. The summed E-state index contributed by atoms with van der Waals surface area (Å²) < 4.78 is 6.32. The van der Waals surface area contributed by atoms with Crippen molar-refractivity contribution in [3.63, 3.8) is 0 Å². The van der Waals surface area contributed by atoms with Gasteiger partial charge in [-0.25, -0.2) is 0 Å². The zero-order chi connectivity index (χ0) is 13.8. The lowest BCUT2D eigenvalue weighted by atomic mass is 10.2. The highest BCUT2D eigenvalue weighted by Gasteiger charge is 2.29. The molecule has 1 aromatic rings. The van der Waals surface area contributed by atoms with Crippen LogP contribution in [0.2, 0.25) is 0 Å². The van der Waals surface area contributed by atoms with Crippen LogP contribution in [-0.2, 0) is 9.59 Å². The summed E-state index contributed by atoms with van der Waals surface area (Å²) in [5.41, 5.74) is 0. The number of rotatable bonds is 3. The number of halogens is 1. The van der Waals surface area contributed by atoms with Gasteiger partial charge in [0.15, 0.2) is 6.61 Å². The van der Waals surface area contributed by atoms with Crippen molar-refractivity contribution in [1.82, 2.24) is 10.2 Å². The number of amides is 2. The Kier molecular flexibility index (Phi) is 4.42. The summed E-state index contributed by atoms with van der Waals surface area (Å²) in [6.07, 6.45) is 0. The Morgan fingerprint density at radius 1 is 1.58 bits per heavy atom. The summed E-state index contributed by atoms with van der Waals surface area (Å²) in [5, 5.41) is 2.72. The number of hydrogen-bond donors (Lipinski definition) is 1. The van der Waals surface area contributed by atoms with Crippen molar-refractivity contribution in [2.75, 3.05) is 19.7 Å². The molecular formula is C13H15BrN2O3. The third-order valence-corrected chi connectivity index (χ3v) is 3.47. The highest BCUT2D eigenvalue weighted by atomic mass is 79.9. The molecule has 1 N–H and O–H groups in total. The zero-order valence-corrected chi connectivity index (χ0v) is 12.1. The maximum absolute atomic E-state index is 12.0. The van der Waals surface area contributed by atoms with Crippen molar-refractivity contribution in [2.24, 2.45) is 0 Å². The van der Waals surface area contributed by atoms with Crippen LogP contribution in [-0.4, -0.2) is 42.5 Å². The van der Waals surface area contributed by atoms with Crippen LogP contribution in [0.5, 0.6) is 5.75 Å². The van der Waals surface area contributed by atoms with Gasteiger partial charge in [-0.15, -0.1) is 0 Å². The first-order valence-corrected chi connectivity index (χ1v) is 6.83. The van der Waals surface area contributed by atoms with Crippen molar-refractivity contribution in [3.05, 3.63) is 28.7 Å². The van der Waals surface area contributed by atoms with E-state index >= 15 is 0 Å². The van der Waals surface area contributed by atoms with Crippen molar-refractivity contribution in [1.29, 1.82) is 0 Å². The molecule has 0 saturated carbocycles. The first kappa shape index (κ1) is 13.9. The van der Waals surface area contributed by atoms with Crippen molar-refractivity contribution < 1.29 is 14.3 Å². The molecule has 1 atom stereocenters. The molecule has 0 spiro atoms. The average Bonchev–Trinajstić information content (AvgIpc) is 2.39. The summed E-state index contributed by atoms with van der Waals surface area (Å²) in [6.45, 7) is 2.67. The third-order valence-electron chi connectivity index (χ3n) is 2.98. The molecule has 0 aliphatic carbocycles. The molecule has 2 amide bonds. The second-order valence-electron chi connectivity index (χ2n) is 4.30. The Labute approximate surface area is 120 Å². The largest absolute Gasteiger partial charge is 0.484 e.